The van der Waals surface area contributed by atoms with Gasteiger partial charge in [-0.25, -0.2) is 0 Å². The number of halogens is 1. The third-order valence-electron chi connectivity index (χ3n) is 4.30. The second-order valence-electron chi connectivity index (χ2n) is 6.23. The lowest BCUT2D eigenvalue weighted by molar-refractivity contribution is -0.141. The average molecular weight is 398 g/mol. The molecule has 0 saturated carbocycles. The number of amides is 1. The summed E-state index contributed by atoms with van der Waals surface area (Å²) in [5.41, 5.74) is 2.18. The largest absolute Gasteiger partial charge is 0.469 e. The SMILES string of the molecule is COC(=O)CC(NC(=O)c1ccc(Cn2cccn2)cc1)c1ccccc1Cl. The summed E-state index contributed by atoms with van der Waals surface area (Å²) in [5, 5.41) is 7.52. The van der Waals surface area contributed by atoms with Crippen LogP contribution in [0.2, 0.25) is 5.02 Å². The van der Waals surface area contributed by atoms with Gasteiger partial charge in [-0.1, -0.05) is 41.9 Å². The van der Waals surface area contributed by atoms with Gasteiger partial charge >= 0.3 is 5.97 Å². The number of ether oxygens (including phenoxy) is 1. The highest BCUT2D eigenvalue weighted by molar-refractivity contribution is 6.31. The monoisotopic (exact) mass is 397 g/mol. The summed E-state index contributed by atoms with van der Waals surface area (Å²) in [5.74, 6) is -0.723. The molecule has 144 valence electrons. The van der Waals surface area contributed by atoms with Crippen LogP contribution >= 0.6 is 11.6 Å². The van der Waals surface area contributed by atoms with E-state index in [1.807, 2.05) is 30.5 Å². The summed E-state index contributed by atoms with van der Waals surface area (Å²) in [6, 6.07) is 15.6. The number of nitrogens with zero attached hydrogens (tertiary/aromatic N) is 2. The minimum absolute atomic E-state index is 0.0106. The first-order valence-electron chi connectivity index (χ1n) is 8.75. The first kappa shape index (κ1) is 19.6. The van der Waals surface area contributed by atoms with E-state index in [1.54, 1.807) is 41.2 Å². The highest BCUT2D eigenvalue weighted by Gasteiger charge is 2.21. The van der Waals surface area contributed by atoms with Gasteiger partial charge in [0.25, 0.3) is 5.91 Å². The number of methoxy groups -OCH3 is 1. The lowest BCUT2D eigenvalue weighted by atomic mass is 10.0. The van der Waals surface area contributed by atoms with Crippen molar-refractivity contribution in [2.45, 2.75) is 19.0 Å². The van der Waals surface area contributed by atoms with Gasteiger partial charge in [0.15, 0.2) is 0 Å². The molecule has 0 bridgehead atoms. The van der Waals surface area contributed by atoms with E-state index in [1.165, 1.54) is 7.11 Å². The fraction of sp³-hybridized carbons (Fsp3) is 0.190. The van der Waals surface area contributed by atoms with E-state index < -0.39 is 12.0 Å². The maximum absolute atomic E-state index is 12.7. The molecular weight excluding hydrogens is 378 g/mol. The van der Waals surface area contributed by atoms with E-state index in [0.29, 0.717) is 22.7 Å². The number of aromatic nitrogens is 2. The Balaban J connectivity index is 1.74. The minimum atomic E-state index is -0.586. The molecule has 0 fully saturated rings. The molecule has 6 nitrogen and oxygen atoms in total. The maximum Gasteiger partial charge on any atom is 0.307 e. The van der Waals surface area contributed by atoms with E-state index in [-0.39, 0.29) is 12.3 Å². The van der Waals surface area contributed by atoms with Crippen LogP contribution in [-0.2, 0) is 16.1 Å². The highest BCUT2D eigenvalue weighted by Crippen LogP contribution is 2.26. The molecule has 0 saturated heterocycles. The second-order valence-corrected chi connectivity index (χ2v) is 6.64. The van der Waals surface area contributed by atoms with Crippen LogP contribution in [0.25, 0.3) is 0 Å². The van der Waals surface area contributed by atoms with Crippen molar-refractivity contribution in [1.82, 2.24) is 15.1 Å². The van der Waals surface area contributed by atoms with Gasteiger partial charge in [0.2, 0.25) is 0 Å². The van der Waals surface area contributed by atoms with Crippen LogP contribution in [0.3, 0.4) is 0 Å². The van der Waals surface area contributed by atoms with Crippen LogP contribution in [0.15, 0.2) is 67.0 Å². The molecule has 0 radical (unpaired) electrons. The molecule has 1 atom stereocenters. The van der Waals surface area contributed by atoms with Crippen molar-refractivity contribution in [1.29, 1.82) is 0 Å². The molecule has 1 N–H and O–H groups in total. The van der Waals surface area contributed by atoms with Crippen LogP contribution in [0, 0.1) is 0 Å². The van der Waals surface area contributed by atoms with Crippen molar-refractivity contribution in [2.24, 2.45) is 0 Å². The maximum atomic E-state index is 12.7. The zero-order valence-corrected chi connectivity index (χ0v) is 16.1. The normalized spacial score (nSPS) is 11.6. The summed E-state index contributed by atoms with van der Waals surface area (Å²) < 4.78 is 6.56. The fourth-order valence-corrected chi connectivity index (χ4v) is 3.10. The second kappa shape index (κ2) is 9.19. The van der Waals surface area contributed by atoms with E-state index in [4.69, 9.17) is 16.3 Å². The number of carbonyl (C=O) groups is 2. The van der Waals surface area contributed by atoms with Crippen LogP contribution in [0.1, 0.15) is 33.9 Å². The van der Waals surface area contributed by atoms with Crippen LogP contribution in [0.5, 0.6) is 0 Å². The Morgan fingerprint density at radius 2 is 1.89 bits per heavy atom. The zero-order valence-electron chi connectivity index (χ0n) is 15.3. The topological polar surface area (TPSA) is 73.2 Å². The number of carbonyl (C=O) groups excluding carboxylic acids is 2. The van der Waals surface area contributed by atoms with Crippen molar-refractivity contribution in [3.63, 3.8) is 0 Å². The molecule has 0 aliphatic carbocycles. The van der Waals surface area contributed by atoms with Gasteiger partial charge < -0.3 is 10.1 Å². The van der Waals surface area contributed by atoms with Gasteiger partial charge in [0.05, 0.1) is 26.1 Å². The average Bonchev–Trinajstić information content (AvgIpc) is 3.21. The zero-order chi connectivity index (χ0) is 19.9. The smallest absolute Gasteiger partial charge is 0.307 e. The van der Waals surface area contributed by atoms with E-state index in [2.05, 4.69) is 10.4 Å². The predicted octanol–water partition coefficient (Wildman–Crippen LogP) is 3.62. The number of hydrogen-bond acceptors (Lipinski definition) is 4. The van der Waals surface area contributed by atoms with Crippen molar-refractivity contribution in [3.05, 3.63) is 88.7 Å². The Hall–Kier alpha value is -3.12. The van der Waals surface area contributed by atoms with Crippen LogP contribution in [0.4, 0.5) is 0 Å². The van der Waals surface area contributed by atoms with Crippen LogP contribution < -0.4 is 5.32 Å². The Bertz CT molecular complexity index is 940. The Kier molecular flexibility index (Phi) is 6.45. The Morgan fingerprint density at radius 1 is 1.14 bits per heavy atom. The van der Waals surface area contributed by atoms with E-state index in [0.717, 1.165) is 5.56 Å². The molecule has 1 aromatic heterocycles. The fourth-order valence-electron chi connectivity index (χ4n) is 2.83. The van der Waals surface area contributed by atoms with Crippen LogP contribution in [-0.4, -0.2) is 28.8 Å². The first-order chi connectivity index (χ1) is 13.6. The summed E-state index contributed by atoms with van der Waals surface area (Å²) in [6.45, 7) is 0.624. The molecule has 2 aromatic carbocycles. The van der Waals surface area contributed by atoms with Gasteiger partial charge in [-0.15, -0.1) is 0 Å². The summed E-state index contributed by atoms with van der Waals surface area (Å²) >= 11 is 6.25. The lowest BCUT2D eigenvalue weighted by Crippen LogP contribution is -2.30. The van der Waals surface area contributed by atoms with Gasteiger partial charge in [0, 0.05) is 23.0 Å². The van der Waals surface area contributed by atoms with Gasteiger partial charge in [0.1, 0.15) is 0 Å². The quantitative estimate of drug-likeness (QED) is 0.618. The molecule has 1 heterocycles. The number of hydrogen-bond donors (Lipinski definition) is 1. The molecule has 0 aliphatic heterocycles. The molecule has 1 amide bonds. The van der Waals surface area contributed by atoms with Crippen molar-refractivity contribution in [2.75, 3.05) is 7.11 Å². The molecule has 7 heteroatoms. The first-order valence-corrected chi connectivity index (χ1v) is 9.13. The molecule has 28 heavy (non-hydrogen) atoms. The molecule has 3 rings (SSSR count). The van der Waals surface area contributed by atoms with Gasteiger partial charge in [-0.05, 0) is 35.4 Å². The number of rotatable bonds is 7. The molecule has 3 aromatic rings. The Morgan fingerprint density at radius 3 is 2.54 bits per heavy atom. The highest BCUT2D eigenvalue weighted by atomic mass is 35.5. The molecule has 0 spiro atoms. The summed E-state index contributed by atoms with van der Waals surface area (Å²) in [6.07, 6.45) is 3.59. The van der Waals surface area contributed by atoms with Crippen molar-refractivity contribution >= 4 is 23.5 Å². The molecule has 0 aliphatic rings. The number of esters is 1. The van der Waals surface area contributed by atoms with Gasteiger partial charge in [-0.2, -0.15) is 5.10 Å². The third kappa shape index (κ3) is 4.98. The van der Waals surface area contributed by atoms with E-state index in [9.17, 15) is 9.59 Å². The number of benzene rings is 2. The molecular formula is C21H20ClN3O3. The minimum Gasteiger partial charge on any atom is -0.469 e. The Labute approximate surface area is 168 Å². The van der Waals surface area contributed by atoms with Crippen molar-refractivity contribution < 1.29 is 14.3 Å². The van der Waals surface area contributed by atoms with Gasteiger partial charge in [-0.3, -0.25) is 14.3 Å². The summed E-state index contributed by atoms with van der Waals surface area (Å²) in [4.78, 5) is 24.5. The third-order valence-corrected chi connectivity index (χ3v) is 4.65. The number of nitrogens with one attached hydrogen (secondary N) is 1. The van der Waals surface area contributed by atoms with Crippen molar-refractivity contribution in [3.8, 4) is 0 Å². The summed E-state index contributed by atoms with van der Waals surface area (Å²) in [7, 11) is 1.31. The standard InChI is InChI=1S/C21H20ClN3O3/c1-28-20(26)13-19(17-5-2-3-6-18(17)22)24-21(27)16-9-7-15(8-10-16)14-25-12-4-11-23-25/h2-12,19H,13-14H2,1H3,(H,24,27). The van der Waals surface area contributed by atoms with E-state index >= 15 is 0 Å². The predicted molar refractivity (Wildman–Crippen MR) is 106 cm³/mol. The molecule has 1 unspecified atom stereocenters. The lowest BCUT2D eigenvalue weighted by Gasteiger charge is -2.19.